The Kier molecular flexibility index (Phi) is 7.46. The lowest BCUT2D eigenvalue weighted by molar-refractivity contribution is 0.128. The number of aliphatic imine (C=N–C) groups is 1. The maximum atomic E-state index is 5.69. The van der Waals surface area contributed by atoms with E-state index in [-0.39, 0.29) is 0 Å². The molecule has 0 bridgehead atoms. The van der Waals surface area contributed by atoms with Crippen molar-refractivity contribution in [1.82, 2.24) is 10.6 Å². The molecule has 126 valence electrons. The van der Waals surface area contributed by atoms with Gasteiger partial charge in [0, 0.05) is 12.6 Å². The van der Waals surface area contributed by atoms with Crippen molar-refractivity contribution in [2.45, 2.75) is 32.4 Å². The normalized spacial score (nSPS) is 15.0. The molecule has 0 fully saturated rings. The lowest BCUT2D eigenvalue weighted by Crippen LogP contribution is -2.42. The maximum absolute atomic E-state index is 5.69. The summed E-state index contributed by atoms with van der Waals surface area (Å²) < 4.78 is 10.9. The number of ether oxygens (including phenoxy) is 2. The van der Waals surface area contributed by atoms with Crippen LogP contribution in [0.3, 0.4) is 0 Å². The molecule has 0 amide bonds. The second-order valence-corrected chi connectivity index (χ2v) is 5.45. The number of nitrogens with one attached hydrogen (secondary N) is 2. The van der Waals surface area contributed by atoms with Crippen LogP contribution in [0.2, 0.25) is 0 Å². The Morgan fingerprint density at radius 2 is 2.13 bits per heavy atom. The van der Waals surface area contributed by atoms with Crippen LogP contribution in [0.25, 0.3) is 0 Å². The second kappa shape index (κ2) is 9.90. The van der Waals surface area contributed by atoms with Crippen LogP contribution in [0.5, 0.6) is 5.75 Å². The Balaban J connectivity index is 1.70. The molecule has 0 heterocycles. The van der Waals surface area contributed by atoms with E-state index in [9.17, 15) is 0 Å². The number of hydrogen-bond acceptors (Lipinski definition) is 3. The summed E-state index contributed by atoms with van der Waals surface area (Å²) >= 11 is 0. The lowest BCUT2D eigenvalue weighted by atomic mass is 10.2. The first-order valence-electron chi connectivity index (χ1n) is 8.22. The summed E-state index contributed by atoms with van der Waals surface area (Å²) in [6.07, 6.45) is 6.55. The standard InChI is InChI=1S/C18H27N3O2/c1-3-19-18(21-16-8-4-5-9-16)20-11-12-23-14-15-7-6-10-17(13-15)22-2/h4-7,10,13,16H,3,8-9,11-12,14H2,1-2H3,(H2,19,20,21). The molecule has 0 radical (unpaired) electrons. The van der Waals surface area contributed by atoms with E-state index >= 15 is 0 Å². The summed E-state index contributed by atoms with van der Waals surface area (Å²) in [5.74, 6) is 1.72. The molecule has 23 heavy (non-hydrogen) atoms. The van der Waals surface area contributed by atoms with Crippen molar-refractivity contribution in [3.05, 3.63) is 42.0 Å². The highest BCUT2D eigenvalue weighted by Crippen LogP contribution is 2.13. The number of guanidine groups is 1. The van der Waals surface area contributed by atoms with E-state index in [4.69, 9.17) is 9.47 Å². The molecule has 1 aromatic carbocycles. The maximum Gasteiger partial charge on any atom is 0.191 e. The molecule has 0 aliphatic heterocycles. The molecule has 5 nitrogen and oxygen atoms in total. The fraction of sp³-hybridized carbons (Fsp3) is 0.500. The zero-order chi connectivity index (χ0) is 16.3. The van der Waals surface area contributed by atoms with Gasteiger partial charge in [-0.15, -0.1) is 0 Å². The minimum atomic E-state index is 0.463. The Hall–Kier alpha value is -2.01. The van der Waals surface area contributed by atoms with E-state index in [0.29, 0.717) is 25.8 Å². The fourth-order valence-corrected chi connectivity index (χ4v) is 2.42. The third-order valence-electron chi connectivity index (χ3n) is 3.60. The van der Waals surface area contributed by atoms with Crippen LogP contribution >= 0.6 is 0 Å². The van der Waals surface area contributed by atoms with Gasteiger partial charge in [-0.25, -0.2) is 0 Å². The van der Waals surface area contributed by atoms with Crippen LogP contribution in [0, 0.1) is 0 Å². The van der Waals surface area contributed by atoms with Crippen molar-refractivity contribution in [3.63, 3.8) is 0 Å². The molecule has 2 N–H and O–H groups in total. The molecule has 1 aliphatic carbocycles. The van der Waals surface area contributed by atoms with Crippen LogP contribution in [-0.2, 0) is 11.3 Å². The molecular formula is C18H27N3O2. The molecule has 0 aromatic heterocycles. The minimum absolute atomic E-state index is 0.463. The average Bonchev–Trinajstić information content (AvgIpc) is 3.08. The van der Waals surface area contributed by atoms with Gasteiger partial charge < -0.3 is 20.1 Å². The Bertz CT molecular complexity index is 521. The molecule has 5 heteroatoms. The quantitative estimate of drug-likeness (QED) is 0.335. The summed E-state index contributed by atoms with van der Waals surface area (Å²) in [6, 6.07) is 8.39. The molecular weight excluding hydrogens is 290 g/mol. The molecule has 1 aliphatic rings. The zero-order valence-corrected chi connectivity index (χ0v) is 14.0. The first kappa shape index (κ1) is 17.3. The van der Waals surface area contributed by atoms with E-state index in [1.54, 1.807) is 7.11 Å². The minimum Gasteiger partial charge on any atom is -0.497 e. The van der Waals surface area contributed by atoms with E-state index in [2.05, 4.69) is 34.7 Å². The highest BCUT2D eigenvalue weighted by Gasteiger charge is 2.11. The van der Waals surface area contributed by atoms with Gasteiger partial charge in [-0.1, -0.05) is 24.3 Å². The molecule has 0 saturated heterocycles. The van der Waals surface area contributed by atoms with Gasteiger partial charge in [0.25, 0.3) is 0 Å². The van der Waals surface area contributed by atoms with Gasteiger partial charge >= 0.3 is 0 Å². The zero-order valence-electron chi connectivity index (χ0n) is 14.0. The summed E-state index contributed by atoms with van der Waals surface area (Å²) in [5, 5.41) is 6.72. The number of nitrogens with zero attached hydrogens (tertiary/aromatic N) is 1. The van der Waals surface area contributed by atoms with Gasteiger partial charge in [-0.2, -0.15) is 0 Å². The smallest absolute Gasteiger partial charge is 0.191 e. The largest absolute Gasteiger partial charge is 0.497 e. The van der Waals surface area contributed by atoms with Gasteiger partial charge in [0.05, 0.1) is 26.9 Å². The third-order valence-corrected chi connectivity index (χ3v) is 3.60. The van der Waals surface area contributed by atoms with Crippen molar-refractivity contribution in [1.29, 1.82) is 0 Å². The number of methoxy groups -OCH3 is 1. The van der Waals surface area contributed by atoms with Crippen LogP contribution in [0.15, 0.2) is 41.4 Å². The third kappa shape index (κ3) is 6.32. The van der Waals surface area contributed by atoms with E-state index < -0.39 is 0 Å². The van der Waals surface area contributed by atoms with Gasteiger partial charge in [0.2, 0.25) is 0 Å². The molecule has 0 saturated carbocycles. The lowest BCUT2D eigenvalue weighted by Gasteiger charge is -2.16. The Morgan fingerprint density at radius 1 is 1.30 bits per heavy atom. The molecule has 0 atom stereocenters. The topological polar surface area (TPSA) is 54.9 Å². The average molecular weight is 317 g/mol. The summed E-state index contributed by atoms with van der Waals surface area (Å²) in [4.78, 5) is 4.56. The van der Waals surface area contributed by atoms with E-state index in [1.807, 2.05) is 24.3 Å². The van der Waals surface area contributed by atoms with Gasteiger partial charge in [0.15, 0.2) is 5.96 Å². The molecule has 0 unspecified atom stereocenters. The van der Waals surface area contributed by atoms with Crippen LogP contribution in [0.1, 0.15) is 25.3 Å². The summed E-state index contributed by atoms with van der Waals surface area (Å²) in [7, 11) is 1.67. The molecule has 2 rings (SSSR count). The van der Waals surface area contributed by atoms with Crippen molar-refractivity contribution in [3.8, 4) is 5.75 Å². The van der Waals surface area contributed by atoms with Crippen LogP contribution in [0.4, 0.5) is 0 Å². The van der Waals surface area contributed by atoms with Crippen molar-refractivity contribution in [2.24, 2.45) is 4.99 Å². The van der Waals surface area contributed by atoms with Crippen molar-refractivity contribution < 1.29 is 9.47 Å². The molecule has 1 aromatic rings. The Labute approximate surface area is 138 Å². The molecule has 0 spiro atoms. The number of benzene rings is 1. The highest BCUT2D eigenvalue weighted by molar-refractivity contribution is 5.80. The fourth-order valence-electron chi connectivity index (χ4n) is 2.42. The van der Waals surface area contributed by atoms with E-state index in [0.717, 1.165) is 36.7 Å². The summed E-state index contributed by atoms with van der Waals surface area (Å²) in [6.45, 7) is 4.74. The SMILES string of the molecule is CCNC(=NCCOCc1cccc(OC)c1)NC1CC=CC1. The van der Waals surface area contributed by atoms with E-state index in [1.165, 1.54) is 0 Å². The first-order chi connectivity index (χ1) is 11.3. The second-order valence-electron chi connectivity index (χ2n) is 5.45. The van der Waals surface area contributed by atoms with Crippen LogP contribution < -0.4 is 15.4 Å². The number of hydrogen-bond donors (Lipinski definition) is 2. The summed E-state index contributed by atoms with van der Waals surface area (Å²) in [5.41, 5.74) is 1.11. The van der Waals surface area contributed by atoms with Gasteiger partial charge in [-0.05, 0) is 37.5 Å². The highest BCUT2D eigenvalue weighted by atomic mass is 16.5. The number of rotatable bonds is 8. The Morgan fingerprint density at radius 3 is 2.87 bits per heavy atom. The predicted octanol–water partition coefficient (Wildman–Crippen LogP) is 2.49. The van der Waals surface area contributed by atoms with Gasteiger partial charge in [0.1, 0.15) is 5.75 Å². The van der Waals surface area contributed by atoms with Gasteiger partial charge in [-0.3, -0.25) is 4.99 Å². The van der Waals surface area contributed by atoms with Crippen LogP contribution in [-0.4, -0.2) is 38.8 Å². The first-order valence-corrected chi connectivity index (χ1v) is 8.22. The predicted molar refractivity (Wildman–Crippen MR) is 93.9 cm³/mol. The van der Waals surface area contributed by atoms with Crippen molar-refractivity contribution in [2.75, 3.05) is 26.8 Å². The monoisotopic (exact) mass is 317 g/mol. The van der Waals surface area contributed by atoms with Crippen molar-refractivity contribution >= 4 is 5.96 Å².